The molecular formula is C14H10OS. The smallest absolute Gasteiger partial charge is 0.150 e. The zero-order chi connectivity index (χ0) is 11.4. The van der Waals surface area contributed by atoms with E-state index in [0.29, 0.717) is 5.56 Å². The maximum atomic E-state index is 10.5. The molecular weight excluding hydrogens is 216 g/mol. The molecule has 0 saturated heterocycles. The van der Waals surface area contributed by atoms with Crippen LogP contribution < -0.4 is 0 Å². The Labute approximate surface area is 99.7 Å². The second-order valence-electron chi connectivity index (χ2n) is 3.44. The van der Waals surface area contributed by atoms with Crippen molar-refractivity contribution >= 4 is 23.4 Å². The van der Waals surface area contributed by atoms with Crippen molar-refractivity contribution in [3.8, 4) is 0 Å². The molecule has 0 aliphatic rings. The van der Waals surface area contributed by atoms with Crippen LogP contribution in [-0.4, -0.2) is 11.2 Å². The fourth-order valence-corrected chi connectivity index (χ4v) is 1.74. The van der Waals surface area contributed by atoms with Gasteiger partial charge in [-0.15, -0.1) is 0 Å². The summed E-state index contributed by atoms with van der Waals surface area (Å²) in [5, 5.41) is 0. The summed E-state index contributed by atoms with van der Waals surface area (Å²) in [5.74, 6) is 0. The molecule has 1 nitrogen and oxygen atoms in total. The normalized spacial score (nSPS) is 9.75. The molecule has 0 saturated carbocycles. The first-order valence-electron chi connectivity index (χ1n) is 4.96. The molecule has 0 aliphatic carbocycles. The topological polar surface area (TPSA) is 17.1 Å². The molecule has 0 unspecified atom stereocenters. The Morgan fingerprint density at radius 2 is 1.44 bits per heavy atom. The third kappa shape index (κ3) is 2.23. The Balaban J connectivity index is 2.31. The van der Waals surface area contributed by atoms with Crippen molar-refractivity contribution in [2.45, 2.75) is 0 Å². The van der Waals surface area contributed by atoms with Gasteiger partial charge in [-0.05, 0) is 11.1 Å². The molecule has 0 aromatic heterocycles. The zero-order valence-corrected chi connectivity index (χ0v) is 9.41. The highest BCUT2D eigenvalue weighted by molar-refractivity contribution is 7.81. The third-order valence-electron chi connectivity index (χ3n) is 2.34. The predicted octanol–water partition coefficient (Wildman–Crippen LogP) is 3.27. The average Bonchev–Trinajstić information content (AvgIpc) is 2.39. The first-order chi connectivity index (χ1) is 7.81. The largest absolute Gasteiger partial charge is 0.298 e. The number of benzene rings is 2. The number of aldehydes is 1. The molecule has 0 N–H and O–H groups in total. The van der Waals surface area contributed by atoms with Crippen molar-refractivity contribution in [2.24, 2.45) is 0 Å². The Hall–Kier alpha value is -1.80. The Morgan fingerprint density at radius 1 is 0.875 bits per heavy atom. The fraction of sp³-hybridized carbons (Fsp3) is 0. The van der Waals surface area contributed by atoms with E-state index in [2.05, 4.69) is 0 Å². The Morgan fingerprint density at radius 3 is 2.00 bits per heavy atom. The summed E-state index contributed by atoms with van der Waals surface area (Å²) < 4.78 is 0. The van der Waals surface area contributed by atoms with Crippen molar-refractivity contribution in [3.63, 3.8) is 0 Å². The highest BCUT2D eigenvalue weighted by Gasteiger charge is 2.03. The molecule has 2 heteroatoms. The first-order valence-corrected chi connectivity index (χ1v) is 5.37. The predicted molar refractivity (Wildman–Crippen MR) is 69.1 cm³/mol. The molecule has 0 heterocycles. The lowest BCUT2D eigenvalue weighted by molar-refractivity contribution is 0.112. The van der Waals surface area contributed by atoms with Crippen molar-refractivity contribution < 1.29 is 4.79 Å². The summed E-state index contributed by atoms with van der Waals surface area (Å²) in [5.41, 5.74) is 2.66. The molecule has 0 fully saturated rings. The van der Waals surface area contributed by atoms with Crippen molar-refractivity contribution in [1.29, 1.82) is 0 Å². The molecule has 0 radical (unpaired) electrons. The maximum absolute atomic E-state index is 10.5. The molecule has 2 rings (SSSR count). The van der Waals surface area contributed by atoms with Crippen LogP contribution in [0.3, 0.4) is 0 Å². The fourth-order valence-electron chi connectivity index (χ4n) is 1.47. The van der Waals surface area contributed by atoms with Crippen LogP contribution in [0.2, 0.25) is 0 Å². The van der Waals surface area contributed by atoms with Gasteiger partial charge >= 0.3 is 0 Å². The van der Waals surface area contributed by atoms with Crippen LogP contribution in [0.25, 0.3) is 0 Å². The third-order valence-corrected chi connectivity index (χ3v) is 2.82. The van der Waals surface area contributed by atoms with Gasteiger partial charge in [0.05, 0.1) is 4.86 Å². The highest BCUT2D eigenvalue weighted by atomic mass is 32.1. The SMILES string of the molecule is O=Cc1ccc(C(=S)c2ccccc2)cc1. The summed E-state index contributed by atoms with van der Waals surface area (Å²) >= 11 is 5.38. The number of thiocarbonyl (C=S) groups is 1. The van der Waals surface area contributed by atoms with Gasteiger partial charge < -0.3 is 0 Å². The summed E-state index contributed by atoms with van der Waals surface area (Å²) in [6.45, 7) is 0. The summed E-state index contributed by atoms with van der Waals surface area (Å²) in [4.78, 5) is 11.3. The molecule has 0 spiro atoms. The average molecular weight is 226 g/mol. The van der Waals surface area contributed by atoms with Gasteiger partial charge in [-0.1, -0.05) is 66.8 Å². The molecule has 0 aliphatic heterocycles. The van der Waals surface area contributed by atoms with E-state index in [0.717, 1.165) is 22.3 Å². The summed E-state index contributed by atoms with van der Waals surface area (Å²) in [6.07, 6.45) is 0.829. The number of hydrogen-bond donors (Lipinski definition) is 0. The van der Waals surface area contributed by atoms with Crippen LogP contribution in [0.5, 0.6) is 0 Å². The van der Waals surface area contributed by atoms with Gasteiger partial charge in [0, 0.05) is 5.56 Å². The lowest BCUT2D eigenvalue weighted by Crippen LogP contribution is -1.99. The second kappa shape index (κ2) is 4.81. The van der Waals surface area contributed by atoms with Gasteiger partial charge in [0.15, 0.2) is 0 Å². The van der Waals surface area contributed by atoms with Crippen LogP contribution >= 0.6 is 12.2 Å². The van der Waals surface area contributed by atoms with E-state index in [1.807, 2.05) is 42.5 Å². The van der Waals surface area contributed by atoms with E-state index in [9.17, 15) is 4.79 Å². The van der Waals surface area contributed by atoms with Crippen molar-refractivity contribution in [1.82, 2.24) is 0 Å². The molecule has 78 valence electrons. The minimum absolute atomic E-state index is 0.666. The second-order valence-corrected chi connectivity index (χ2v) is 3.84. The van der Waals surface area contributed by atoms with Crippen molar-refractivity contribution in [2.75, 3.05) is 0 Å². The standard InChI is InChI=1S/C14H10OS/c15-10-11-6-8-13(9-7-11)14(16)12-4-2-1-3-5-12/h1-10H. The monoisotopic (exact) mass is 226 g/mol. The minimum Gasteiger partial charge on any atom is -0.298 e. The first kappa shape index (κ1) is 10.7. The molecule has 0 amide bonds. The molecule has 2 aromatic carbocycles. The minimum atomic E-state index is 0.666. The summed E-state index contributed by atoms with van der Waals surface area (Å²) in [7, 11) is 0. The van der Waals surface area contributed by atoms with Crippen LogP contribution in [0.4, 0.5) is 0 Å². The van der Waals surface area contributed by atoms with Gasteiger partial charge in [0.2, 0.25) is 0 Å². The van der Waals surface area contributed by atoms with Gasteiger partial charge in [0.25, 0.3) is 0 Å². The molecule has 2 aromatic rings. The van der Waals surface area contributed by atoms with Crippen LogP contribution in [-0.2, 0) is 0 Å². The van der Waals surface area contributed by atoms with Crippen molar-refractivity contribution in [3.05, 3.63) is 71.3 Å². The van der Waals surface area contributed by atoms with E-state index >= 15 is 0 Å². The van der Waals surface area contributed by atoms with E-state index in [4.69, 9.17) is 12.2 Å². The number of carbonyl (C=O) groups excluding carboxylic acids is 1. The molecule has 0 bridgehead atoms. The highest BCUT2D eigenvalue weighted by Crippen LogP contribution is 2.11. The number of carbonyl (C=O) groups is 1. The molecule has 16 heavy (non-hydrogen) atoms. The van der Waals surface area contributed by atoms with Crippen LogP contribution in [0.15, 0.2) is 54.6 Å². The Bertz CT molecular complexity index is 500. The summed E-state index contributed by atoms with van der Waals surface area (Å²) in [6, 6.07) is 17.1. The van der Waals surface area contributed by atoms with Gasteiger partial charge in [-0.2, -0.15) is 0 Å². The van der Waals surface area contributed by atoms with Crippen LogP contribution in [0.1, 0.15) is 21.5 Å². The van der Waals surface area contributed by atoms with Gasteiger partial charge in [0.1, 0.15) is 6.29 Å². The zero-order valence-electron chi connectivity index (χ0n) is 8.59. The number of hydrogen-bond acceptors (Lipinski definition) is 2. The maximum Gasteiger partial charge on any atom is 0.150 e. The Kier molecular flexibility index (Phi) is 3.22. The van der Waals surface area contributed by atoms with Gasteiger partial charge in [-0.3, -0.25) is 4.79 Å². The van der Waals surface area contributed by atoms with E-state index in [1.165, 1.54) is 0 Å². The van der Waals surface area contributed by atoms with E-state index < -0.39 is 0 Å². The van der Waals surface area contributed by atoms with E-state index in [1.54, 1.807) is 12.1 Å². The number of rotatable bonds is 3. The quantitative estimate of drug-likeness (QED) is 0.454. The lowest BCUT2D eigenvalue weighted by atomic mass is 10.0. The van der Waals surface area contributed by atoms with E-state index in [-0.39, 0.29) is 0 Å². The lowest BCUT2D eigenvalue weighted by Gasteiger charge is -2.03. The van der Waals surface area contributed by atoms with Gasteiger partial charge in [-0.25, -0.2) is 0 Å². The molecule has 0 atom stereocenters. The van der Waals surface area contributed by atoms with Crippen LogP contribution in [0, 0.1) is 0 Å².